The van der Waals surface area contributed by atoms with Crippen LogP contribution in [0, 0.1) is 0 Å². The molecule has 0 fully saturated rings. The number of aliphatic hydroxyl groups is 1. The van der Waals surface area contributed by atoms with Crippen molar-refractivity contribution < 1.29 is 14.3 Å². The standard InChI is InChI=1S/C13H22O3Si/c1-3-11-17(16-10-9-15-2)13(14)12-7-5-4-6-8-12/h4-8,13-14,17H,3,9-11H2,1-2H3. The molecule has 0 aliphatic carbocycles. The maximum absolute atomic E-state index is 10.3. The van der Waals surface area contributed by atoms with E-state index in [9.17, 15) is 5.11 Å². The van der Waals surface area contributed by atoms with Gasteiger partial charge in [-0.1, -0.05) is 43.7 Å². The Morgan fingerprint density at radius 1 is 1.24 bits per heavy atom. The molecule has 96 valence electrons. The zero-order chi connectivity index (χ0) is 12.5. The molecule has 0 bridgehead atoms. The molecule has 1 rings (SSSR count). The van der Waals surface area contributed by atoms with Crippen molar-refractivity contribution in [3.05, 3.63) is 35.9 Å². The Morgan fingerprint density at radius 2 is 1.94 bits per heavy atom. The molecular weight excluding hydrogens is 232 g/mol. The van der Waals surface area contributed by atoms with E-state index in [0.29, 0.717) is 13.2 Å². The van der Waals surface area contributed by atoms with Crippen LogP contribution < -0.4 is 0 Å². The highest BCUT2D eigenvalue weighted by molar-refractivity contribution is 6.53. The number of ether oxygens (including phenoxy) is 1. The minimum absolute atomic E-state index is 0.423. The van der Waals surface area contributed by atoms with Crippen molar-refractivity contribution in [2.24, 2.45) is 0 Å². The van der Waals surface area contributed by atoms with Crippen LogP contribution in [0.5, 0.6) is 0 Å². The third kappa shape index (κ3) is 5.00. The molecule has 2 unspecified atom stereocenters. The van der Waals surface area contributed by atoms with Gasteiger partial charge in [0.15, 0.2) is 0 Å². The van der Waals surface area contributed by atoms with Gasteiger partial charge >= 0.3 is 0 Å². The molecule has 0 aliphatic heterocycles. The molecule has 4 heteroatoms. The fraction of sp³-hybridized carbons (Fsp3) is 0.538. The third-order valence-corrected chi connectivity index (χ3v) is 5.59. The average molecular weight is 254 g/mol. The monoisotopic (exact) mass is 254 g/mol. The molecule has 0 amide bonds. The van der Waals surface area contributed by atoms with E-state index in [1.807, 2.05) is 30.3 Å². The van der Waals surface area contributed by atoms with Crippen molar-refractivity contribution in [1.29, 1.82) is 0 Å². The van der Waals surface area contributed by atoms with Crippen LogP contribution in [-0.2, 0) is 9.16 Å². The van der Waals surface area contributed by atoms with Crippen LogP contribution in [0.15, 0.2) is 30.3 Å². The first-order chi connectivity index (χ1) is 8.29. The zero-order valence-electron chi connectivity index (χ0n) is 10.6. The van der Waals surface area contributed by atoms with E-state index in [4.69, 9.17) is 9.16 Å². The van der Waals surface area contributed by atoms with Gasteiger partial charge in [0.25, 0.3) is 0 Å². The van der Waals surface area contributed by atoms with Crippen LogP contribution >= 0.6 is 0 Å². The van der Waals surface area contributed by atoms with Crippen molar-refractivity contribution in [3.8, 4) is 0 Å². The molecule has 3 nitrogen and oxygen atoms in total. The highest BCUT2D eigenvalue weighted by atomic mass is 28.3. The van der Waals surface area contributed by atoms with Gasteiger partial charge in [-0.05, 0) is 11.6 Å². The Hall–Kier alpha value is -0.683. The van der Waals surface area contributed by atoms with Crippen molar-refractivity contribution >= 4 is 9.04 Å². The Kier molecular flexibility index (Phi) is 7.12. The number of benzene rings is 1. The Bertz CT molecular complexity index is 292. The maximum Gasteiger partial charge on any atom is 0.210 e. The van der Waals surface area contributed by atoms with Gasteiger partial charge in [0, 0.05) is 7.11 Å². The molecule has 1 aromatic carbocycles. The van der Waals surface area contributed by atoms with Crippen LogP contribution in [-0.4, -0.2) is 34.5 Å². The summed E-state index contributed by atoms with van der Waals surface area (Å²) in [7, 11) is 0.0495. The summed E-state index contributed by atoms with van der Waals surface area (Å²) in [6.07, 6.45) is 1.05. The van der Waals surface area contributed by atoms with E-state index in [0.717, 1.165) is 18.0 Å². The summed E-state index contributed by atoms with van der Waals surface area (Å²) in [5.41, 5.74) is 0.544. The van der Waals surface area contributed by atoms with Crippen molar-refractivity contribution in [3.63, 3.8) is 0 Å². The van der Waals surface area contributed by atoms with Crippen molar-refractivity contribution in [1.82, 2.24) is 0 Å². The van der Waals surface area contributed by atoms with Crippen LogP contribution in [0.25, 0.3) is 0 Å². The largest absolute Gasteiger partial charge is 0.415 e. The maximum atomic E-state index is 10.3. The van der Waals surface area contributed by atoms with Gasteiger partial charge < -0.3 is 14.3 Å². The summed E-state index contributed by atoms with van der Waals surface area (Å²) in [5.74, 6) is 0. The predicted octanol–water partition coefficient (Wildman–Crippen LogP) is 2.06. The lowest BCUT2D eigenvalue weighted by Gasteiger charge is -2.21. The molecule has 17 heavy (non-hydrogen) atoms. The molecule has 1 N–H and O–H groups in total. The minimum atomic E-state index is -1.61. The normalized spacial score (nSPS) is 14.5. The smallest absolute Gasteiger partial charge is 0.210 e. The predicted molar refractivity (Wildman–Crippen MR) is 71.5 cm³/mol. The van der Waals surface area contributed by atoms with Gasteiger partial charge in [-0.25, -0.2) is 0 Å². The molecule has 0 saturated carbocycles. The molecule has 0 spiro atoms. The molecule has 0 saturated heterocycles. The van der Waals surface area contributed by atoms with Gasteiger partial charge in [-0.15, -0.1) is 0 Å². The fourth-order valence-electron chi connectivity index (χ4n) is 1.76. The number of hydrogen-bond donors (Lipinski definition) is 1. The lowest BCUT2D eigenvalue weighted by atomic mass is 10.2. The Labute approximate surface area is 105 Å². The molecule has 0 aromatic heterocycles. The first-order valence-electron chi connectivity index (χ1n) is 6.13. The highest BCUT2D eigenvalue weighted by Gasteiger charge is 2.23. The Morgan fingerprint density at radius 3 is 2.53 bits per heavy atom. The summed E-state index contributed by atoms with van der Waals surface area (Å²) < 4.78 is 10.8. The van der Waals surface area contributed by atoms with Gasteiger partial charge in [0.05, 0.1) is 18.9 Å². The minimum Gasteiger partial charge on any atom is -0.415 e. The fourth-order valence-corrected chi connectivity index (χ4v) is 4.05. The summed E-state index contributed by atoms with van der Waals surface area (Å²) in [6.45, 7) is 3.30. The van der Waals surface area contributed by atoms with Crippen molar-refractivity contribution in [2.45, 2.75) is 25.1 Å². The van der Waals surface area contributed by atoms with Gasteiger partial charge in [-0.2, -0.15) is 0 Å². The van der Waals surface area contributed by atoms with Crippen LogP contribution in [0.1, 0.15) is 24.6 Å². The molecular formula is C13H22O3Si. The molecule has 0 aliphatic rings. The summed E-state index contributed by atoms with van der Waals surface area (Å²) in [6, 6.07) is 10.8. The second-order valence-corrected chi connectivity index (χ2v) is 6.67. The van der Waals surface area contributed by atoms with Crippen LogP contribution in [0.4, 0.5) is 0 Å². The first-order valence-corrected chi connectivity index (χ1v) is 8.08. The number of aliphatic hydroxyl groups excluding tert-OH is 1. The topological polar surface area (TPSA) is 38.7 Å². The molecule has 0 heterocycles. The van der Waals surface area contributed by atoms with E-state index in [1.54, 1.807) is 7.11 Å². The molecule has 2 atom stereocenters. The number of rotatable bonds is 8. The SMILES string of the molecule is CCC[SiH](OCCOC)C(O)c1ccccc1. The van der Waals surface area contributed by atoms with Crippen LogP contribution in [0.3, 0.4) is 0 Å². The Balaban J connectivity index is 2.56. The second kappa shape index (κ2) is 8.41. The highest BCUT2D eigenvalue weighted by Crippen LogP contribution is 2.19. The zero-order valence-corrected chi connectivity index (χ0v) is 11.8. The lowest BCUT2D eigenvalue weighted by Crippen LogP contribution is -2.28. The number of hydrogen-bond acceptors (Lipinski definition) is 3. The van der Waals surface area contributed by atoms with E-state index in [-0.39, 0.29) is 0 Å². The summed E-state index contributed by atoms with van der Waals surface area (Å²) in [4.78, 5) is 0. The number of methoxy groups -OCH3 is 1. The second-order valence-electron chi connectivity index (χ2n) is 4.05. The molecule has 0 radical (unpaired) electrons. The summed E-state index contributed by atoms with van der Waals surface area (Å²) in [5, 5.41) is 10.3. The van der Waals surface area contributed by atoms with E-state index >= 15 is 0 Å². The third-order valence-electron chi connectivity index (χ3n) is 2.69. The first kappa shape index (κ1) is 14.4. The van der Waals surface area contributed by atoms with Gasteiger partial charge in [0.2, 0.25) is 9.04 Å². The van der Waals surface area contributed by atoms with Crippen molar-refractivity contribution in [2.75, 3.05) is 20.3 Å². The average Bonchev–Trinajstić information content (AvgIpc) is 2.38. The lowest BCUT2D eigenvalue weighted by molar-refractivity contribution is 0.132. The van der Waals surface area contributed by atoms with Gasteiger partial charge in [-0.3, -0.25) is 0 Å². The van der Waals surface area contributed by atoms with E-state index in [2.05, 4.69) is 6.92 Å². The quantitative estimate of drug-likeness (QED) is 0.570. The molecule has 1 aromatic rings. The van der Waals surface area contributed by atoms with Gasteiger partial charge in [0.1, 0.15) is 0 Å². The van der Waals surface area contributed by atoms with Crippen LogP contribution in [0.2, 0.25) is 6.04 Å². The summed E-state index contributed by atoms with van der Waals surface area (Å²) >= 11 is 0. The van der Waals surface area contributed by atoms with E-state index in [1.165, 1.54) is 0 Å². The van der Waals surface area contributed by atoms with E-state index < -0.39 is 14.8 Å².